The molecular weight excluding hydrogens is 340 g/mol. The molecule has 27 heavy (non-hydrogen) atoms. The van der Waals surface area contributed by atoms with Gasteiger partial charge >= 0.3 is 0 Å². The molecule has 0 saturated carbocycles. The van der Waals surface area contributed by atoms with Crippen LogP contribution in [0.1, 0.15) is 37.0 Å². The number of nitrogens with one attached hydrogen (secondary N) is 1. The lowest BCUT2D eigenvalue weighted by Gasteiger charge is -2.37. The predicted molar refractivity (Wildman–Crippen MR) is 108 cm³/mol. The second kappa shape index (κ2) is 8.88. The van der Waals surface area contributed by atoms with Gasteiger partial charge in [-0.25, -0.2) is 0 Å². The van der Waals surface area contributed by atoms with Crippen molar-refractivity contribution in [2.45, 2.75) is 33.1 Å². The largest absolute Gasteiger partial charge is 0.368 e. The van der Waals surface area contributed by atoms with Crippen molar-refractivity contribution in [2.24, 2.45) is 4.99 Å². The number of hydrogen-bond acceptors (Lipinski definition) is 5. The molecule has 1 fully saturated rings. The predicted octanol–water partition coefficient (Wildman–Crippen LogP) is 2.44. The number of hydrogen-bond donors (Lipinski definition) is 1. The minimum absolute atomic E-state index is 0.285. The zero-order chi connectivity index (χ0) is 19.2. The molecule has 0 spiro atoms. The normalized spacial score (nSPS) is 15.5. The number of anilines is 1. The summed E-state index contributed by atoms with van der Waals surface area (Å²) in [7, 11) is 1.83. The molecule has 0 unspecified atom stereocenters. The lowest BCUT2D eigenvalue weighted by Crippen LogP contribution is -2.52. The number of aromatic nitrogens is 2. The average molecular weight is 371 g/mol. The van der Waals surface area contributed by atoms with Crippen molar-refractivity contribution in [1.82, 2.24) is 20.4 Å². The number of piperazine rings is 1. The summed E-state index contributed by atoms with van der Waals surface area (Å²) in [4.78, 5) is 13.6. The highest BCUT2D eigenvalue weighted by Crippen LogP contribution is 2.17. The molecule has 0 amide bonds. The molecule has 1 N–H and O–H groups in total. The maximum Gasteiger partial charge on any atom is 0.228 e. The first kappa shape index (κ1) is 19.2. The van der Waals surface area contributed by atoms with E-state index in [4.69, 9.17) is 4.52 Å². The third kappa shape index (κ3) is 4.99. The van der Waals surface area contributed by atoms with Crippen LogP contribution in [-0.4, -0.2) is 60.8 Å². The van der Waals surface area contributed by atoms with Gasteiger partial charge in [-0.1, -0.05) is 31.1 Å². The third-order valence-electron chi connectivity index (χ3n) is 4.78. The summed E-state index contributed by atoms with van der Waals surface area (Å²) in [5, 5.41) is 7.43. The fraction of sp³-hybridized carbons (Fsp3) is 0.550. The van der Waals surface area contributed by atoms with Crippen LogP contribution >= 0.6 is 0 Å². The summed E-state index contributed by atoms with van der Waals surface area (Å²) >= 11 is 0. The Kier molecular flexibility index (Phi) is 6.32. The van der Waals surface area contributed by atoms with Gasteiger partial charge in [-0.15, -0.1) is 0 Å². The average Bonchev–Trinajstić information content (AvgIpc) is 3.15. The first-order valence-corrected chi connectivity index (χ1v) is 9.66. The fourth-order valence-electron chi connectivity index (χ4n) is 3.22. The Hall–Kier alpha value is -2.57. The van der Waals surface area contributed by atoms with Crippen LogP contribution in [0.3, 0.4) is 0 Å². The van der Waals surface area contributed by atoms with E-state index >= 15 is 0 Å². The molecule has 0 bridgehead atoms. The van der Waals surface area contributed by atoms with Gasteiger partial charge in [0.15, 0.2) is 11.8 Å². The minimum atomic E-state index is 0.285. The number of aliphatic imine (C=N–C) groups is 1. The zero-order valence-electron chi connectivity index (χ0n) is 16.8. The van der Waals surface area contributed by atoms with Crippen LogP contribution in [0.4, 0.5) is 5.69 Å². The smallest absolute Gasteiger partial charge is 0.228 e. The van der Waals surface area contributed by atoms with Gasteiger partial charge in [-0.2, -0.15) is 4.98 Å². The number of guanidine groups is 1. The molecule has 1 aromatic heterocycles. The summed E-state index contributed by atoms with van der Waals surface area (Å²) in [6, 6.07) is 8.70. The molecule has 1 aromatic carbocycles. The van der Waals surface area contributed by atoms with Crippen molar-refractivity contribution in [3.63, 3.8) is 0 Å². The van der Waals surface area contributed by atoms with Gasteiger partial charge in [0, 0.05) is 57.8 Å². The Labute approximate surface area is 161 Å². The Morgan fingerprint density at radius 2 is 2.04 bits per heavy atom. The molecule has 1 saturated heterocycles. The van der Waals surface area contributed by atoms with E-state index < -0.39 is 0 Å². The topological polar surface area (TPSA) is 69.8 Å². The number of rotatable bonds is 5. The van der Waals surface area contributed by atoms with E-state index in [2.05, 4.69) is 75.3 Å². The van der Waals surface area contributed by atoms with Crippen LogP contribution in [0.25, 0.3) is 0 Å². The van der Waals surface area contributed by atoms with Gasteiger partial charge < -0.3 is 19.6 Å². The summed E-state index contributed by atoms with van der Waals surface area (Å²) in [5.74, 6) is 2.66. The molecule has 7 heteroatoms. The quantitative estimate of drug-likeness (QED) is 0.644. The lowest BCUT2D eigenvalue weighted by molar-refractivity contribution is 0.362. The van der Waals surface area contributed by atoms with E-state index in [1.807, 2.05) is 7.05 Å². The van der Waals surface area contributed by atoms with Gasteiger partial charge in [-0.3, -0.25) is 4.99 Å². The molecule has 146 valence electrons. The van der Waals surface area contributed by atoms with E-state index in [1.54, 1.807) is 0 Å². The molecule has 7 nitrogen and oxygen atoms in total. The highest BCUT2D eigenvalue weighted by Gasteiger charge is 2.20. The van der Waals surface area contributed by atoms with Gasteiger partial charge in [-0.05, 0) is 24.6 Å². The first-order valence-electron chi connectivity index (χ1n) is 9.66. The highest BCUT2D eigenvalue weighted by atomic mass is 16.5. The van der Waals surface area contributed by atoms with Crippen molar-refractivity contribution < 1.29 is 4.52 Å². The molecule has 1 aliphatic heterocycles. The van der Waals surface area contributed by atoms with Gasteiger partial charge in [0.25, 0.3) is 0 Å². The number of nitrogens with zero attached hydrogens (tertiary/aromatic N) is 5. The molecule has 0 atom stereocenters. The van der Waals surface area contributed by atoms with E-state index in [0.717, 1.165) is 44.5 Å². The molecule has 2 aromatic rings. The van der Waals surface area contributed by atoms with Crippen molar-refractivity contribution in [3.8, 4) is 0 Å². The second-order valence-electron chi connectivity index (χ2n) is 7.24. The van der Waals surface area contributed by atoms with E-state index in [9.17, 15) is 0 Å². The van der Waals surface area contributed by atoms with Crippen LogP contribution in [-0.2, 0) is 6.42 Å². The van der Waals surface area contributed by atoms with Crippen molar-refractivity contribution in [3.05, 3.63) is 41.5 Å². The maximum absolute atomic E-state index is 5.30. The summed E-state index contributed by atoms with van der Waals surface area (Å²) in [6.07, 6.45) is 0.696. The number of aryl methyl sites for hydroxylation is 1. The Bertz CT molecular complexity index is 761. The summed E-state index contributed by atoms with van der Waals surface area (Å²) in [6.45, 7) is 10.9. The Balaban J connectivity index is 1.47. The third-order valence-corrected chi connectivity index (χ3v) is 4.78. The SMILES string of the molecule is CN=C(NCCc1nc(C(C)C)no1)N1CCN(c2cccc(C)c2)CC1. The highest BCUT2D eigenvalue weighted by molar-refractivity contribution is 5.80. The van der Waals surface area contributed by atoms with Gasteiger partial charge in [0.05, 0.1) is 0 Å². The number of benzene rings is 1. The van der Waals surface area contributed by atoms with Crippen LogP contribution in [0.15, 0.2) is 33.8 Å². The van der Waals surface area contributed by atoms with Crippen LogP contribution in [0.5, 0.6) is 0 Å². The molecule has 0 aliphatic carbocycles. The molecular formula is C20H30N6O. The summed E-state index contributed by atoms with van der Waals surface area (Å²) < 4.78 is 5.30. The van der Waals surface area contributed by atoms with Gasteiger partial charge in [0.2, 0.25) is 5.89 Å². The van der Waals surface area contributed by atoms with Crippen LogP contribution < -0.4 is 10.2 Å². The second-order valence-corrected chi connectivity index (χ2v) is 7.24. The summed E-state index contributed by atoms with van der Waals surface area (Å²) in [5.41, 5.74) is 2.60. The van der Waals surface area contributed by atoms with Crippen molar-refractivity contribution >= 4 is 11.6 Å². The molecule has 3 rings (SSSR count). The monoisotopic (exact) mass is 370 g/mol. The minimum Gasteiger partial charge on any atom is -0.368 e. The first-order chi connectivity index (χ1) is 13.1. The van der Waals surface area contributed by atoms with E-state index in [1.165, 1.54) is 11.3 Å². The maximum atomic E-state index is 5.30. The van der Waals surface area contributed by atoms with Crippen LogP contribution in [0.2, 0.25) is 0 Å². The lowest BCUT2D eigenvalue weighted by atomic mass is 10.2. The van der Waals surface area contributed by atoms with Crippen molar-refractivity contribution in [1.29, 1.82) is 0 Å². The van der Waals surface area contributed by atoms with Gasteiger partial charge in [0.1, 0.15) is 0 Å². The van der Waals surface area contributed by atoms with Crippen LogP contribution in [0, 0.1) is 6.92 Å². The molecule has 0 radical (unpaired) electrons. The Morgan fingerprint density at radius 1 is 1.26 bits per heavy atom. The van der Waals surface area contributed by atoms with E-state index in [-0.39, 0.29) is 5.92 Å². The van der Waals surface area contributed by atoms with Crippen molar-refractivity contribution in [2.75, 3.05) is 44.7 Å². The standard InChI is InChI=1S/C20H30N6O/c1-15(2)19-23-18(27-24-19)8-9-22-20(21-4)26-12-10-25(11-13-26)17-7-5-6-16(3)14-17/h5-7,14-15H,8-13H2,1-4H3,(H,21,22). The fourth-order valence-corrected chi connectivity index (χ4v) is 3.22. The zero-order valence-corrected chi connectivity index (χ0v) is 16.8. The van der Waals surface area contributed by atoms with E-state index in [0.29, 0.717) is 12.3 Å². The molecule has 1 aliphatic rings. The molecule has 2 heterocycles. The Morgan fingerprint density at radius 3 is 2.67 bits per heavy atom.